The van der Waals surface area contributed by atoms with E-state index in [1.54, 1.807) is 18.2 Å². The summed E-state index contributed by atoms with van der Waals surface area (Å²) in [6.45, 7) is 0.597. The molecule has 2 aliphatic rings. The Kier molecular flexibility index (Phi) is 7.33. The zero-order valence-electron chi connectivity index (χ0n) is 19.9. The first-order valence-electron chi connectivity index (χ1n) is 12.1. The summed E-state index contributed by atoms with van der Waals surface area (Å²) in [5, 5.41) is 8.81. The Bertz CT molecular complexity index is 1400. The number of hydrogen-bond donors (Lipinski definition) is 0. The summed E-state index contributed by atoms with van der Waals surface area (Å²) in [4.78, 5) is 8.10. The molecule has 2 aromatic heterocycles. The number of rotatable bonds is 8. The predicted octanol–water partition coefficient (Wildman–Crippen LogP) is 6.09. The Morgan fingerprint density at radius 3 is 2.51 bits per heavy atom. The van der Waals surface area contributed by atoms with Gasteiger partial charge in [0.25, 0.3) is 0 Å². The van der Waals surface area contributed by atoms with Gasteiger partial charge in [-0.1, -0.05) is 30.4 Å². The lowest BCUT2D eigenvalue weighted by Gasteiger charge is -2.33. The summed E-state index contributed by atoms with van der Waals surface area (Å²) in [6, 6.07) is 9.87. The molecule has 3 atom stereocenters. The minimum Gasteiger partial charge on any atom is -0.473 e. The zero-order valence-corrected chi connectivity index (χ0v) is 19.9. The maximum atomic E-state index is 15.2. The first kappa shape index (κ1) is 24.7. The van der Waals surface area contributed by atoms with Crippen molar-refractivity contribution in [2.75, 3.05) is 6.61 Å². The fourth-order valence-corrected chi connectivity index (χ4v) is 4.56. The molecule has 1 saturated heterocycles. The Hall–Kier alpha value is -3.96. The van der Waals surface area contributed by atoms with Crippen molar-refractivity contribution in [3.05, 3.63) is 101 Å². The fourth-order valence-electron chi connectivity index (χ4n) is 4.56. The number of allylic oxidation sites excluding steroid dienone is 4. The van der Waals surface area contributed by atoms with Crippen molar-refractivity contribution in [2.45, 2.75) is 32.0 Å². The van der Waals surface area contributed by atoms with Crippen LogP contribution in [0.5, 0.6) is 5.88 Å². The van der Waals surface area contributed by atoms with Crippen LogP contribution in [-0.2, 0) is 17.8 Å². The van der Waals surface area contributed by atoms with Gasteiger partial charge in [0.05, 0.1) is 11.8 Å². The van der Waals surface area contributed by atoms with Crippen molar-refractivity contribution in [1.29, 1.82) is 5.26 Å². The minimum atomic E-state index is -0.628. The molecule has 3 aromatic rings. The molecule has 37 heavy (non-hydrogen) atoms. The van der Waals surface area contributed by atoms with Gasteiger partial charge in [-0.3, -0.25) is 0 Å². The van der Waals surface area contributed by atoms with E-state index in [-0.39, 0.29) is 52.9 Å². The first-order valence-corrected chi connectivity index (χ1v) is 12.1. The number of aromatic nitrogens is 2. The van der Waals surface area contributed by atoms with Crippen LogP contribution in [-0.4, -0.2) is 22.7 Å². The average molecular weight is 504 g/mol. The van der Waals surface area contributed by atoms with Crippen LogP contribution in [0.1, 0.15) is 29.7 Å². The van der Waals surface area contributed by atoms with Crippen LogP contribution in [0.25, 0.3) is 11.3 Å². The first-order chi connectivity index (χ1) is 18.0. The molecule has 1 aromatic carbocycles. The number of hydrogen-bond acceptors (Lipinski definition) is 5. The standard InChI is InChI=1S/C29H24F3N3O2/c30-25-13-22(15-33)34-16-21(25)17-37-29-7-3-6-28(35-29)24-14-26(31)20(12-27(24)32)10-18-4-1-2-5-19(18)11-23-8-9-36-23/h1-7,12-14,16,18-19,23H,8-11,17H2/t18?,19-,23?/m1/s1. The second kappa shape index (κ2) is 11.0. The van der Waals surface area contributed by atoms with Gasteiger partial charge in [0, 0.05) is 36.1 Å². The second-order valence-corrected chi connectivity index (χ2v) is 9.16. The van der Waals surface area contributed by atoms with Gasteiger partial charge < -0.3 is 9.47 Å². The minimum absolute atomic E-state index is 0.0106. The molecule has 8 heteroatoms. The fraction of sp³-hybridized carbons (Fsp3) is 0.276. The van der Waals surface area contributed by atoms with E-state index < -0.39 is 17.5 Å². The Morgan fingerprint density at radius 2 is 1.78 bits per heavy atom. The van der Waals surface area contributed by atoms with Gasteiger partial charge in [-0.2, -0.15) is 5.26 Å². The summed E-state index contributed by atoms with van der Waals surface area (Å²) < 4.78 is 55.5. The largest absolute Gasteiger partial charge is 0.473 e. The molecule has 188 valence electrons. The Labute approximate surface area is 212 Å². The molecule has 5 rings (SSSR count). The van der Waals surface area contributed by atoms with Crippen molar-refractivity contribution in [3.63, 3.8) is 0 Å². The molecule has 5 nitrogen and oxygen atoms in total. The van der Waals surface area contributed by atoms with Crippen LogP contribution < -0.4 is 4.74 Å². The van der Waals surface area contributed by atoms with Crippen molar-refractivity contribution >= 4 is 0 Å². The molecule has 0 bridgehead atoms. The molecule has 2 unspecified atom stereocenters. The van der Waals surface area contributed by atoms with Crippen LogP contribution in [0.2, 0.25) is 0 Å². The molecule has 1 aliphatic heterocycles. The molecule has 0 amide bonds. The average Bonchev–Trinajstić information content (AvgIpc) is 2.88. The van der Waals surface area contributed by atoms with Crippen LogP contribution in [0.4, 0.5) is 13.2 Å². The number of halogens is 3. The van der Waals surface area contributed by atoms with Gasteiger partial charge in [0.1, 0.15) is 35.8 Å². The van der Waals surface area contributed by atoms with Crippen LogP contribution >= 0.6 is 0 Å². The molecule has 0 spiro atoms. The second-order valence-electron chi connectivity index (χ2n) is 9.16. The van der Waals surface area contributed by atoms with Gasteiger partial charge in [-0.05, 0) is 54.9 Å². The van der Waals surface area contributed by atoms with E-state index in [2.05, 4.69) is 16.0 Å². The summed E-state index contributed by atoms with van der Waals surface area (Å²) in [5.74, 6) is -1.33. The van der Waals surface area contributed by atoms with E-state index in [0.717, 1.165) is 31.6 Å². The monoisotopic (exact) mass is 503 g/mol. The summed E-state index contributed by atoms with van der Waals surface area (Å²) in [7, 11) is 0. The zero-order chi connectivity index (χ0) is 25.8. The number of benzene rings is 1. The topological polar surface area (TPSA) is 68.0 Å². The molecule has 0 radical (unpaired) electrons. The lowest BCUT2D eigenvalue weighted by molar-refractivity contribution is -0.0621. The van der Waals surface area contributed by atoms with Gasteiger partial charge in [0.2, 0.25) is 5.88 Å². The van der Waals surface area contributed by atoms with Crippen LogP contribution in [0, 0.1) is 40.6 Å². The summed E-state index contributed by atoms with van der Waals surface area (Å²) >= 11 is 0. The Morgan fingerprint density at radius 1 is 1.00 bits per heavy atom. The number of nitriles is 1. The third-order valence-electron chi connectivity index (χ3n) is 6.72. The van der Waals surface area contributed by atoms with Crippen LogP contribution in [0.3, 0.4) is 0 Å². The molecule has 1 aliphatic carbocycles. The number of nitrogens with zero attached hydrogens (tertiary/aromatic N) is 3. The number of ether oxygens (including phenoxy) is 2. The lowest BCUT2D eigenvalue weighted by atomic mass is 9.79. The maximum Gasteiger partial charge on any atom is 0.214 e. The molecule has 0 N–H and O–H groups in total. The predicted molar refractivity (Wildman–Crippen MR) is 131 cm³/mol. The van der Waals surface area contributed by atoms with Crippen molar-refractivity contribution in [3.8, 4) is 23.2 Å². The molecule has 1 fully saturated rings. The van der Waals surface area contributed by atoms with E-state index in [1.165, 1.54) is 18.3 Å². The highest BCUT2D eigenvalue weighted by Gasteiger charge is 2.28. The van der Waals surface area contributed by atoms with Gasteiger partial charge >= 0.3 is 0 Å². The van der Waals surface area contributed by atoms with E-state index in [1.807, 2.05) is 18.2 Å². The van der Waals surface area contributed by atoms with Gasteiger partial charge in [-0.15, -0.1) is 0 Å². The highest BCUT2D eigenvalue weighted by atomic mass is 19.1. The van der Waals surface area contributed by atoms with E-state index in [0.29, 0.717) is 12.0 Å². The SMILES string of the molecule is N#Cc1cc(F)c(COc2cccc(-c3cc(F)c(CC4C=CC=C[C@@H]4CC4CCO4)cc3F)n2)cn1. The summed E-state index contributed by atoms with van der Waals surface area (Å²) in [6.07, 6.45) is 11.8. The lowest BCUT2D eigenvalue weighted by Crippen LogP contribution is -2.31. The van der Waals surface area contributed by atoms with E-state index >= 15 is 8.78 Å². The number of pyridine rings is 2. The van der Waals surface area contributed by atoms with E-state index in [4.69, 9.17) is 14.7 Å². The molecular formula is C29H24F3N3O2. The Balaban J connectivity index is 1.30. The summed E-state index contributed by atoms with van der Waals surface area (Å²) in [5.41, 5.74) is 0.612. The van der Waals surface area contributed by atoms with Crippen molar-refractivity contribution in [2.24, 2.45) is 11.8 Å². The maximum absolute atomic E-state index is 15.2. The highest BCUT2D eigenvalue weighted by molar-refractivity contribution is 5.61. The van der Waals surface area contributed by atoms with Crippen molar-refractivity contribution in [1.82, 2.24) is 9.97 Å². The van der Waals surface area contributed by atoms with Crippen molar-refractivity contribution < 1.29 is 22.6 Å². The smallest absolute Gasteiger partial charge is 0.214 e. The van der Waals surface area contributed by atoms with E-state index in [9.17, 15) is 4.39 Å². The highest BCUT2D eigenvalue weighted by Crippen LogP contribution is 2.33. The normalized spacial score (nSPS) is 20.3. The van der Waals surface area contributed by atoms with Gasteiger partial charge in [0.15, 0.2) is 0 Å². The molecule has 0 saturated carbocycles. The third kappa shape index (κ3) is 5.73. The van der Waals surface area contributed by atoms with Crippen LogP contribution in [0.15, 0.2) is 66.9 Å². The molecule has 3 heterocycles. The van der Waals surface area contributed by atoms with Gasteiger partial charge in [-0.25, -0.2) is 23.1 Å². The quantitative estimate of drug-likeness (QED) is 0.372. The third-order valence-corrected chi connectivity index (χ3v) is 6.72. The molecular weight excluding hydrogens is 479 g/mol.